The van der Waals surface area contributed by atoms with Crippen LogP contribution in [-0.4, -0.2) is 12.1 Å². The lowest BCUT2D eigenvalue weighted by Crippen LogP contribution is -2.13. The summed E-state index contributed by atoms with van der Waals surface area (Å²) in [6.45, 7) is 6.37. The molecule has 5 heteroatoms. The molecule has 1 aromatic carbocycles. The van der Waals surface area contributed by atoms with Gasteiger partial charge in [0.05, 0.1) is 23.5 Å². The number of benzene rings is 1. The van der Waals surface area contributed by atoms with Gasteiger partial charge in [0.25, 0.3) is 0 Å². The van der Waals surface area contributed by atoms with Crippen molar-refractivity contribution >= 4 is 21.6 Å². The molecule has 0 aliphatic rings. The van der Waals surface area contributed by atoms with E-state index in [-0.39, 0.29) is 5.41 Å². The quantitative estimate of drug-likeness (QED) is 0.883. The third-order valence-corrected chi connectivity index (χ3v) is 3.65. The van der Waals surface area contributed by atoms with Crippen LogP contribution in [0.25, 0.3) is 0 Å². The van der Waals surface area contributed by atoms with Crippen molar-refractivity contribution in [2.75, 3.05) is 12.8 Å². The minimum atomic E-state index is -0.0852. The highest BCUT2D eigenvalue weighted by Crippen LogP contribution is 2.40. The van der Waals surface area contributed by atoms with Gasteiger partial charge >= 0.3 is 0 Å². The fourth-order valence-electron chi connectivity index (χ4n) is 1.97. The summed E-state index contributed by atoms with van der Waals surface area (Å²) in [5.74, 6) is 2.12. The summed E-state index contributed by atoms with van der Waals surface area (Å²) in [6.07, 6.45) is 3.23. The van der Waals surface area contributed by atoms with Crippen molar-refractivity contribution in [2.24, 2.45) is 0 Å². The summed E-state index contributed by atoms with van der Waals surface area (Å²) in [6, 6.07) is 5.75. The monoisotopic (exact) mass is 350 g/mol. The van der Waals surface area contributed by atoms with Crippen molar-refractivity contribution in [3.63, 3.8) is 0 Å². The largest absolute Gasteiger partial charge is 0.497 e. The number of pyridine rings is 1. The van der Waals surface area contributed by atoms with Crippen LogP contribution in [0.4, 0.5) is 5.69 Å². The average molecular weight is 351 g/mol. The van der Waals surface area contributed by atoms with Crippen LogP contribution in [-0.2, 0) is 5.41 Å². The van der Waals surface area contributed by atoms with Crippen molar-refractivity contribution in [3.8, 4) is 17.2 Å². The fourth-order valence-corrected chi connectivity index (χ4v) is 2.40. The Morgan fingerprint density at radius 3 is 2.48 bits per heavy atom. The van der Waals surface area contributed by atoms with E-state index in [0.717, 1.165) is 21.5 Å². The third-order valence-electron chi connectivity index (χ3n) is 3.09. The highest BCUT2D eigenvalue weighted by atomic mass is 79.9. The Bertz CT molecular complexity index is 631. The molecule has 0 fully saturated rings. The summed E-state index contributed by atoms with van der Waals surface area (Å²) >= 11 is 3.42. The van der Waals surface area contributed by atoms with E-state index in [4.69, 9.17) is 15.2 Å². The van der Waals surface area contributed by atoms with Gasteiger partial charge in [-0.15, -0.1) is 0 Å². The van der Waals surface area contributed by atoms with Gasteiger partial charge in [0, 0.05) is 11.8 Å². The van der Waals surface area contributed by atoms with E-state index in [1.165, 1.54) is 0 Å². The van der Waals surface area contributed by atoms with E-state index < -0.39 is 0 Å². The summed E-state index contributed by atoms with van der Waals surface area (Å²) in [5, 5.41) is 0. The zero-order valence-electron chi connectivity index (χ0n) is 12.6. The molecule has 0 bridgehead atoms. The molecule has 21 heavy (non-hydrogen) atoms. The van der Waals surface area contributed by atoms with Gasteiger partial charge in [0.1, 0.15) is 11.5 Å². The van der Waals surface area contributed by atoms with Crippen LogP contribution in [0.5, 0.6) is 17.2 Å². The Morgan fingerprint density at radius 1 is 1.19 bits per heavy atom. The number of hydrogen-bond acceptors (Lipinski definition) is 4. The third kappa shape index (κ3) is 3.47. The van der Waals surface area contributed by atoms with Crippen molar-refractivity contribution in [2.45, 2.75) is 26.2 Å². The molecular weight excluding hydrogens is 332 g/mol. The molecule has 112 valence electrons. The lowest BCUT2D eigenvalue weighted by Gasteiger charge is -2.24. The first kappa shape index (κ1) is 15.6. The van der Waals surface area contributed by atoms with Crippen LogP contribution in [0.15, 0.2) is 35.1 Å². The van der Waals surface area contributed by atoms with E-state index in [1.807, 2.05) is 18.2 Å². The van der Waals surface area contributed by atoms with Crippen molar-refractivity contribution < 1.29 is 9.47 Å². The molecule has 1 aromatic heterocycles. The van der Waals surface area contributed by atoms with E-state index in [0.29, 0.717) is 11.4 Å². The van der Waals surface area contributed by atoms with Gasteiger partial charge in [-0.1, -0.05) is 20.8 Å². The SMILES string of the molecule is COc1ccc(Oc2c(N)cncc2Br)c(C(C)(C)C)c1. The van der Waals surface area contributed by atoms with Crippen LogP contribution in [0.2, 0.25) is 0 Å². The number of hydrogen-bond donors (Lipinski definition) is 1. The van der Waals surface area contributed by atoms with Gasteiger partial charge in [-0.2, -0.15) is 0 Å². The number of nitrogens with two attached hydrogens (primary N) is 1. The van der Waals surface area contributed by atoms with Crippen LogP contribution in [0.1, 0.15) is 26.3 Å². The summed E-state index contributed by atoms with van der Waals surface area (Å²) in [7, 11) is 1.65. The Morgan fingerprint density at radius 2 is 1.90 bits per heavy atom. The Kier molecular flexibility index (Phi) is 4.42. The molecule has 0 atom stereocenters. The van der Waals surface area contributed by atoms with Crippen LogP contribution < -0.4 is 15.2 Å². The molecule has 2 aromatic rings. The fraction of sp³-hybridized carbons (Fsp3) is 0.312. The van der Waals surface area contributed by atoms with Crippen molar-refractivity contribution in [3.05, 3.63) is 40.6 Å². The highest BCUT2D eigenvalue weighted by Gasteiger charge is 2.21. The lowest BCUT2D eigenvalue weighted by atomic mass is 9.86. The predicted octanol–water partition coefficient (Wildman–Crippen LogP) is 4.52. The number of ether oxygens (including phenoxy) is 2. The topological polar surface area (TPSA) is 57.4 Å². The summed E-state index contributed by atoms with van der Waals surface area (Å²) < 4.78 is 12.1. The number of rotatable bonds is 3. The Balaban J connectivity index is 2.49. The van der Waals surface area contributed by atoms with E-state index >= 15 is 0 Å². The first-order valence-corrected chi connectivity index (χ1v) is 7.37. The predicted molar refractivity (Wildman–Crippen MR) is 88.1 cm³/mol. The molecule has 0 radical (unpaired) electrons. The van der Waals surface area contributed by atoms with Gasteiger partial charge in [-0.3, -0.25) is 4.98 Å². The normalized spacial score (nSPS) is 11.3. The highest BCUT2D eigenvalue weighted by molar-refractivity contribution is 9.10. The second-order valence-electron chi connectivity index (χ2n) is 5.75. The molecule has 0 aliphatic heterocycles. The van der Waals surface area contributed by atoms with Crippen LogP contribution >= 0.6 is 15.9 Å². The van der Waals surface area contributed by atoms with E-state index in [1.54, 1.807) is 19.5 Å². The summed E-state index contributed by atoms with van der Waals surface area (Å²) in [4.78, 5) is 4.01. The van der Waals surface area contributed by atoms with Gasteiger partial charge in [0.15, 0.2) is 5.75 Å². The molecule has 0 spiro atoms. The molecule has 4 nitrogen and oxygen atoms in total. The summed E-state index contributed by atoms with van der Waals surface area (Å²) in [5.41, 5.74) is 7.39. The maximum absolute atomic E-state index is 6.03. The van der Waals surface area contributed by atoms with Crippen LogP contribution in [0.3, 0.4) is 0 Å². The zero-order valence-corrected chi connectivity index (χ0v) is 14.2. The maximum Gasteiger partial charge on any atom is 0.167 e. The van der Waals surface area contributed by atoms with Crippen molar-refractivity contribution in [1.29, 1.82) is 0 Å². The number of methoxy groups -OCH3 is 1. The van der Waals surface area contributed by atoms with E-state index in [2.05, 4.69) is 41.7 Å². The second-order valence-corrected chi connectivity index (χ2v) is 6.61. The van der Waals surface area contributed by atoms with Crippen LogP contribution in [0, 0.1) is 0 Å². The maximum atomic E-state index is 6.03. The number of nitrogens with zero attached hydrogens (tertiary/aromatic N) is 1. The number of halogens is 1. The number of nitrogen functional groups attached to an aromatic ring is 1. The first-order valence-electron chi connectivity index (χ1n) is 6.58. The smallest absolute Gasteiger partial charge is 0.167 e. The molecule has 0 amide bonds. The van der Waals surface area contributed by atoms with Crippen molar-refractivity contribution in [1.82, 2.24) is 4.98 Å². The molecule has 2 rings (SSSR count). The Hall–Kier alpha value is -1.75. The first-order chi connectivity index (χ1) is 9.82. The standard InChI is InChI=1S/C16H19BrN2O2/c1-16(2,3)11-7-10(20-4)5-6-14(11)21-15-12(17)8-19-9-13(15)18/h5-9H,18H2,1-4H3. The molecule has 0 saturated heterocycles. The zero-order chi connectivity index (χ0) is 15.6. The second kappa shape index (κ2) is 5.93. The van der Waals surface area contributed by atoms with E-state index in [9.17, 15) is 0 Å². The molecule has 2 N–H and O–H groups in total. The number of anilines is 1. The minimum Gasteiger partial charge on any atom is -0.497 e. The molecule has 0 unspecified atom stereocenters. The average Bonchev–Trinajstić information content (AvgIpc) is 2.42. The minimum absolute atomic E-state index is 0.0852. The Labute approximate surface area is 133 Å². The van der Waals surface area contributed by atoms with Gasteiger partial charge in [-0.05, 0) is 39.5 Å². The molecular formula is C16H19BrN2O2. The van der Waals surface area contributed by atoms with Gasteiger partial charge < -0.3 is 15.2 Å². The van der Waals surface area contributed by atoms with Gasteiger partial charge in [-0.25, -0.2) is 0 Å². The molecule has 0 aliphatic carbocycles. The molecule has 1 heterocycles. The lowest BCUT2D eigenvalue weighted by molar-refractivity contribution is 0.407. The molecule has 0 saturated carbocycles. The van der Waals surface area contributed by atoms with Gasteiger partial charge in [0.2, 0.25) is 0 Å². The number of aromatic nitrogens is 1.